The summed E-state index contributed by atoms with van der Waals surface area (Å²) in [6, 6.07) is 0. The molecule has 3 N–H and O–H groups in total. The van der Waals surface area contributed by atoms with Crippen LogP contribution in [-0.2, 0) is 0 Å². The van der Waals surface area contributed by atoms with Crippen LogP contribution in [0.2, 0.25) is 0 Å². The molecule has 78 valence electrons. The van der Waals surface area contributed by atoms with Gasteiger partial charge in [0.15, 0.2) is 0 Å². The van der Waals surface area contributed by atoms with Crippen LogP contribution in [0.1, 0.15) is 19.8 Å². The van der Waals surface area contributed by atoms with Gasteiger partial charge in [-0.1, -0.05) is 54.6 Å². The van der Waals surface area contributed by atoms with E-state index in [4.69, 9.17) is 9.90 Å². The Bertz CT molecular complexity index is 115. The van der Waals surface area contributed by atoms with Gasteiger partial charge in [0.25, 0.3) is 0 Å². The first kappa shape index (κ1) is 18.1. The number of halogens is 1. The van der Waals surface area contributed by atoms with Crippen molar-refractivity contribution in [1.29, 1.82) is 0 Å². The van der Waals surface area contributed by atoms with E-state index in [1.54, 1.807) is 12.2 Å². The number of rotatable bonds is 3. The normalized spacial score (nSPS) is 6.62. The van der Waals surface area contributed by atoms with E-state index >= 15 is 0 Å². The summed E-state index contributed by atoms with van der Waals surface area (Å²) in [7, 11) is 0. The molecule has 0 spiro atoms. The van der Waals surface area contributed by atoms with Crippen molar-refractivity contribution in [2.24, 2.45) is 5.73 Å². The lowest BCUT2D eigenvalue weighted by Gasteiger charge is -1.77. The van der Waals surface area contributed by atoms with Crippen LogP contribution in [0.25, 0.3) is 0 Å². The van der Waals surface area contributed by atoms with Gasteiger partial charge in [0.2, 0.25) is 0 Å². The maximum Gasteiger partial charge on any atom is 0.402 e. The highest BCUT2D eigenvalue weighted by molar-refractivity contribution is 9.09. The van der Waals surface area contributed by atoms with E-state index in [0.29, 0.717) is 0 Å². The molecular formula is C9H18BrNO2. The zero-order valence-corrected chi connectivity index (χ0v) is 9.59. The molecule has 0 saturated heterocycles. The molecular weight excluding hydrogens is 234 g/mol. The number of amides is 1. The van der Waals surface area contributed by atoms with Crippen LogP contribution in [0.4, 0.5) is 4.79 Å². The Morgan fingerprint density at radius 3 is 1.85 bits per heavy atom. The third kappa shape index (κ3) is 192. The van der Waals surface area contributed by atoms with Gasteiger partial charge in [-0.25, -0.2) is 4.79 Å². The van der Waals surface area contributed by atoms with Crippen molar-refractivity contribution in [2.45, 2.75) is 19.8 Å². The van der Waals surface area contributed by atoms with Gasteiger partial charge in [0, 0.05) is 5.33 Å². The summed E-state index contributed by atoms with van der Waals surface area (Å²) in [5, 5.41) is 8.35. The molecule has 0 rings (SSSR count). The summed E-state index contributed by atoms with van der Waals surface area (Å²) in [5.41, 5.74) is 4.03. The maximum absolute atomic E-state index is 8.78. The molecule has 4 heteroatoms. The van der Waals surface area contributed by atoms with E-state index in [9.17, 15) is 0 Å². The fourth-order valence-corrected chi connectivity index (χ4v) is 0.694. The van der Waals surface area contributed by atoms with Crippen LogP contribution < -0.4 is 5.73 Å². The van der Waals surface area contributed by atoms with Gasteiger partial charge >= 0.3 is 6.09 Å². The molecule has 0 atom stereocenters. The first-order valence-corrected chi connectivity index (χ1v) is 4.96. The molecule has 1 amide bonds. The molecule has 0 aromatic carbocycles. The van der Waals surface area contributed by atoms with Crippen LogP contribution in [0, 0.1) is 0 Å². The molecule has 0 saturated carbocycles. The molecule has 0 aliphatic carbocycles. The van der Waals surface area contributed by atoms with E-state index in [-0.39, 0.29) is 0 Å². The minimum atomic E-state index is -1.33. The van der Waals surface area contributed by atoms with Crippen molar-refractivity contribution in [1.82, 2.24) is 0 Å². The number of hydrogen-bond donors (Lipinski definition) is 2. The monoisotopic (exact) mass is 251 g/mol. The summed E-state index contributed by atoms with van der Waals surface area (Å²) >= 11 is 3.31. The molecule has 0 aliphatic heterocycles. The van der Waals surface area contributed by atoms with Crippen LogP contribution >= 0.6 is 15.9 Å². The Labute approximate surface area is 88.5 Å². The smallest absolute Gasteiger partial charge is 0.402 e. The lowest BCUT2D eigenvalue weighted by Crippen LogP contribution is -2.03. The molecule has 0 aromatic heterocycles. The summed E-state index contributed by atoms with van der Waals surface area (Å²) in [5.74, 6) is 0. The minimum absolute atomic E-state index is 1.16. The van der Waals surface area contributed by atoms with Gasteiger partial charge in [0.05, 0.1) is 0 Å². The largest absolute Gasteiger partial charge is 0.465 e. The van der Waals surface area contributed by atoms with Crippen LogP contribution in [0.15, 0.2) is 25.3 Å². The van der Waals surface area contributed by atoms with E-state index in [1.165, 1.54) is 12.8 Å². The third-order valence-corrected chi connectivity index (χ3v) is 1.21. The number of allylic oxidation sites excluding steroid dienone is 2. The van der Waals surface area contributed by atoms with Gasteiger partial charge in [-0.3, -0.25) is 0 Å². The highest BCUT2D eigenvalue weighted by Gasteiger charge is 1.69. The Morgan fingerprint density at radius 1 is 1.54 bits per heavy atom. The van der Waals surface area contributed by atoms with Gasteiger partial charge < -0.3 is 10.8 Å². The Balaban J connectivity index is -0.000000117. The molecule has 0 aliphatic rings. The Hall–Kier alpha value is -0.770. The summed E-state index contributed by atoms with van der Waals surface area (Å²) < 4.78 is 0. The Morgan fingerprint density at radius 2 is 1.85 bits per heavy atom. The first-order valence-electron chi connectivity index (χ1n) is 3.84. The average molecular weight is 252 g/mol. The Kier molecular flexibility index (Phi) is 31.3. The second kappa shape index (κ2) is 22.5. The average Bonchev–Trinajstić information content (AvgIpc) is 2.05. The first-order chi connectivity index (χ1) is 6.06. The summed E-state index contributed by atoms with van der Waals surface area (Å²) in [4.78, 5) is 8.78. The van der Waals surface area contributed by atoms with E-state index < -0.39 is 6.09 Å². The summed E-state index contributed by atoms with van der Waals surface area (Å²) in [6.07, 6.45) is 4.55. The molecule has 0 radical (unpaired) electrons. The zero-order valence-electron chi connectivity index (χ0n) is 8.00. The van der Waals surface area contributed by atoms with Crippen LogP contribution in [0.3, 0.4) is 0 Å². The third-order valence-electron chi connectivity index (χ3n) is 0.654. The van der Waals surface area contributed by atoms with E-state index in [2.05, 4.69) is 41.7 Å². The fourth-order valence-electron chi connectivity index (χ4n) is 0.134. The van der Waals surface area contributed by atoms with Crippen molar-refractivity contribution in [3.8, 4) is 0 Å². The standard InChI is InChI=1S/C4H9Br.C4H6.CH3NO2/c1-2-3-4-5;1-3-4-2;2-1(3)4/h2-4H2,1H3;3-4H,1-2H2;2H2,(H,3,4). The SMILES string of the molecule is C=CC=C.CCCCBr.NC(=O)O. The number of primary amides is 1. The van der Waals surface area contributed by atoms with Crippen molar-refractivity contribution in [3.63, 3.8) is 0 Å². The number of nitrogens with two attached hydrogens (primary N) is 1. The quantitative estimate of drug-likeness (QED) is 0.598. The molecule has 13 heavy (non-hydrogen) atoms. The lowest BCUT2D eigenvalue weighted by molar-refractivity contribution is 0.205. The highest BCUT2D eigenvalue weighted by Crippen LogP contribution is 1.89. The lowest BCUT2D eigenvalue weighted by atomic mass is 10.4. The molecule has 3 nitrogen and oxygen atoms in total. The number of alkyl halides is 1. The van der Waals surface area contributed by atoms with Crippen LogP contribution in [-0.4, -0.2) is 16.5 Å². The fraction of sp³-hybridized carbons (Fsp3) is 0.444. The van der Waals surface area contributed by atoms with Gasteiger partial charge in [-0.05, 0) is 6.42 Å². The maximum atomic E-state index is 8.78. The second-order valence-corrected chi connectivity index (χ2v) is 2.65. The molecule has 0 bridgehead atoms. The van der Waals surface area contributed by atoms with E-state index in [1.807, 2.05) is 0 Å². The van der Waals surface area contributed by atoms with Gasteiger partial charge in [-0.15, -0.1) is 0 Å². The number of unbranched alkanes of at least 4 members (excludes halogenated alkanes) is 1. The highest BCUT2D eigenvalue weighted by atomic mass is 79.9. The van der Waals surface area contributed by atoms with Gasteiger partial charge in [-0.2, -0.15) is 0 Å². The number of hydrogen-bond acceptors (Lipinski definition) is 1. The topological polar surface area (TPSA) is 63.3 Å². The van der Waals surface area contributed by atoms with Crippen molar-refractivity contribution in [3.05, 3.63) is 25.3 Å². The second-order valence-electron chi connectivity index (χ2n) is 1.85. The number of carboxylic acid groups (broad SMARTS) is 1. The minimum Gasteiger partial charge on any atom is -0.465 e. The number of carbonyl (C=O) groups is 1. The van der Waals surface area contributed by atoms with E-state index in [0.717, 1.165) is 5.33 Å². The molecule has 0 heterocycles. The zero-order chi connectivity index (χ0) is 11.1. The predicted molar refractivity (Wildman–Crippen MR) is 61.3 cm³/mol. The summed E-state index contributed by atoms with van der Waals surface area (Å²) in [6.45, 7) is 8.90. The molecule has 0 unspecified atom stereocenters. The predicted octanol–water partition coefficient (Wildman–Crippen LogP) is 3.16. The van der Waals surface area contributed by atoms with Crippen molar-refractivity contribution >= 4 is 22.0 Å². The van der Waals surface area contributed by atoms with Crippen molar-refractivity contribution < 1.29 is 9.90 Å². The van der Waals surface area contributed by atoms with Gasteiger partial charge in [0.1, 0.15) is 0 Å². The van der Waals surface area contributed by atoms with Crippen molar-refractivity contribution in [2.75, 3.05) is 5.33 Å². The van der Waals surface area contributed by atoms with Crippen LogP contribution in [0.5, 0.6) is 0 Å². The molecule has 0 fully saturated rings. The molecule has 0 aromatic rings.